The van der Waals surface area contributed by atoms with Gasteiger partial charge in [0.2, 0.25) is 0 Å². The summed E-state index contributed by atoms with van der Waals surface area (Å²) in [4.78, 5) is 35.7. The topological polar surface area (TPSA) is 106 Å². The van der Waals surface area contributed by atoms with E-state index in [1.54, 1.807) is 6.20 Å². The molecule has 0 amide bonds. The molecule has 3 saturated carbocycles. The summed E-state index contributed by atoms with van der Waals surface area (Å²) in [5.74, 6) is -0.281. The molecule has 192 valence electrons. The summed E-state index contributed by atoms with van der Waals surface area (Å²) in [5, 5.41) is 3.59. The fourth-order valence-electron chi connectivity index (χ4n) is 5.82. The van der Waals surface area contributed by atoms with Crippen molar-refractivity contribution < 1.29 is 13.9 Å². The Morgan fingerprint density at radius 1 is 1.22 bits per heavy atom. The van der Waals surface area contributed by atoms with Crippen LogP contribution in [0.25, 0.3) is 33.1 Å². The number of ether oxygens (including phenoxy) is 1. The number of halogens is 2. The first-order valence-electron chi connectivity index (χ1n) is 12.5. The molecule has 0 saturated heterocycles. The molecule has 4 heterocycles. The van der Waals surface area contributed by atoms with Crippen LogP contribution in [-0.2, 0) is 9.53 Å². The van der Waals surface area contributed by atoms with Crippen molar-refractivity contribution in [1.82, 2.24) is 24.9 Å². The molecule has 7 rings (SSSR count). The van der Waals surface area contributed by atoms with Crippen molar-refractivity contribution >= 4 is 45.9 Å². The van der Waals surface area contributed by atoms with E-state index in [0.29, 0.717) is 34.0 Å². The van der Waals surface area contributed by atoms with Crippen molar-refractivity contribution in [3.63, 3.8) is 0 Å². The zero-order valence-corrected chi connectivity index (χ0v) is 22.0. The number of hydrogen-bond acceptors (Lipinski definition) is 8. The van der Waals surface area contributed by atoms with Gasteiger partial charge in [-0.05, 0) is 63.5 Å². The van der Waals surface area contributed by atoms with E-state index < -0.39 is 5.82 Å². The first-order valence-corrected chi connectivity index (χ1v) is 13.7. The summed E-state index contributed by atoms with van der Waals surface area (Å²) in [6.45, 7) is 4.09. The van der Waals surface area contributed by atoms with Crippen molar-refractivity contribution in [2.24, 2.45) is 17.8 Å². The van der Waals surface area contributed by atoms with Crippen LogP contribution in [0.3, 0.4) is 0 Å². The van der Waals surface area contributed by atoms with Gasteiger partial charge in [0.25, 0.3) is 0 Å². The van der Waals surface area contributed by atoms with Gasteiger partial charge in [-0.25, -0.2) is 24.3 Å². The number of anilines is 1. The molecule has 2 atom stereocenters. The Kier molecular flexibility index (Phi) is 6.32. The van der Waals surface area contributed by atoms with E-state index >= 15 is 4.39 Å². The minimum Gasteiger partial charge on any atom is -0.466 e. The Morgan fingerprint density at radius 2 is 2.00 bits per heavy atom. The molecular weight excluding hydrogens is 515 g/mol. The molecule has 2 bridgehead atoms. The van der Waals surface area contributed by atoms with Crippen molar-refractivity contribution in [2.45, 2.75) is 45.6 Å². The molecule has 3 fully saturated rings. The second kappa shape index (κ2) is 9.64. The maximum Gasteiger partial charge on any atom is 0.311 e. The van der Waals surface area contributed by atoms with Gasteiger partial charge in [-0.2, -0.15) is 0 Å². The maximum atomic E-state index is 16.1. The Labute approximate surface area is 222 Å². The van der Waals surface area contributed by atoms with Gasteiger partial charge in [-0.15, -0.1) is 11.3 Å². The zero-order valence-electron chi connectivity index (χ0n) is 20.4. The SMILES string of the molecule is CCOC(=O)[C@H]1C2CCC(CC2)[C@@H]1Nc1nc(-c2c[nH]c3ncc(Cl)nc23)nc(-c2ccc(C)s2)c1F. The minimum atomic E-state index is -0.543. The van der Waals surface area contributed by atoms with Crippen LogP contribution in [0.1, 0.15) is 37.5 Å². The highest BCUT2D eigenvalue weighted by atomic mass is 35.5. The molecule has 2 N–H and O–H groups in total. The summed E-state index contributed by atoms with van der Waals surface area (Å²) in [6, 6.07) is 3.52. The van der Waals surface area contributed by atoms with Gasteiger partial charge in [-0.3, -0.25) is 4.79 Å². The quantitative estimate of drug-likeness (QED) is 0.288. The summed E-state index contributed by atoms with van der Waals surface area (Å²) in [6.07, 6.45) is 7.11. The molecular formula is C26H26ClFN6O2S. The number of fused-ring (bicyclic) bond motifs is 4. The molecule has 4 aromatic heterocycles. The first kappa shape index (κ1) is 24.2. The largest absolute Gasteiger partial charge is 0.466 e. The van der Waals surface area contributed by atoms with Crippen LogP contribution in [0.5, 0.6) is 0 Å². The number of thiophene rings is 1. The highest BCUT2D eigenvalue weighted by Crippen LogP contribution is 2.47. The molecule has 0 aliphatic heterocycles. The number of aryl methyl sites for hydroxylation is 1. The number of rotatable bonds is 6. The van der Waals surface area contributed by atoms with Crippen LogP contribution in [0.2, 0.25) is 5.15 Å². The molecule has 0 radical (unpaired) electrons. The highest BCUT2D eigenvalue weighted by Gasteiger charge is 2.48. The number of aromatic nitrogens is 5. The molecule has 0 aromatic carbocycles. The Morgan fingerprint density at radius 3 is 2.73 bits per heavy atom. The van der Waals surface area contributed by atoms with Gasteiger partial charge >= 0.3 is 5.97 Å². The monoisotopic (exact) mass is 540 g/mol. The van der Waals surface area contributed by atoms with Gasteiger partial charge < -0.3 is 15.0 Å². The van der Waals surface area contributed by atoms with E-state index in [-0.39, 0.29) is 46.4 Å². The van der Waals surface area contributed by atoms with Crippen LogP contribution in [0.4, 0.5) is 10.2 Å². The zero-order chi connectivity index (χ0) is 25.7. The maximum absolute atomic E-state index is 16.1. The summed E-state index contributed by atoms with van der Waals surface area (Å²) < 4.78 is 21.5. The lowest BCUT2D eigenvalue weighted by Gasteiger charge is -2.47. The second-order valence-electron chi connectivity index (χ2n) is 9.68. The number of carbonyl (C=O) groups is 1. The van der Waals surface area contributed by atoms with Crippen molar-refractivity contribution in [3.8, 4) is 22.0 Å². The van der Waals surface area contributed by atoms with Gasteiger partial charge in [0.15, 0.2) is 23.1 Å². The molecule has 8 nitrogen and oxygen atoms in total. The third-order valence-electron chi connectivity index (χ3n) is 7.50. The van der Waals surface area contributed by atoms with E-state index in [0.717, 1.165) is 30.6 Å². The fourth-order valence-corrected chi connectivity index (χ4v) is 6.81. The van der Waals surface area contributed by atoms with E-state index in [4.69, 9.17) is 16.3 Å². The lowest BCUT2D eigenvalue weighted by atomic mass is 9.61. The van der Waals surface area contributed by atoms with E-state index in [2.05, 4.69) is 30.2 Å². The van der Waals surface area contributed by atoms with Gasteiger partial charge in [0.1, 0.15) is 16.4 Å². The lowest BCUT2D eigenvalue weighted by molar-refractivity contribution is -0.154. The molecule has 3 aliphatic carbocycles. The van der Waals surface area contributed by atoms with Crippen LogP contribution in [0, 0.1) is 30.5 Å². The Hall–Kier alpha value is -3.11. The normalized spacial score (nSPS) is 22.9. The number of nitrogens with zero attached hydrogens (tertiary/aromatic N) is 4. The van der Waals surface area contributed by atoms with E-state index in [1.165, 1.54) is 17.5 Å². The highest BCUT2D eigenvalue weighted by molar-refractivity contribution is 7.15. The summed E-state index contributed by atoms with van der Waals surface area (Å²) in [7, 11) is 0. The summed E-state index contributed by atoms with van der Waals surface area (Å²) in [5.41, 5.74) is 1.79. The predicted molar refractivity (Wildman–Crippen MR) is 141 cm³/mol. The number of carbonyl (C=O) groups excluding carboxylic acids is 1. The third kappa shape index (κ3) is 4.35. The fraction of sp³-hybridized carbons (Fsp3) is 0.423. The predicted octanol–water partition coefficient (Wildman–Crippen LogP) is 6.02. The molecule has 4 aromatic rings. The minimum absolute atomic E-state index is 0.0715. The van der Waals surface area contributed by atoms with Crippen LogP contribution >= 0.6 is 22.9 Å². The Balaban J connectivity index is 1.47. The average Bonchev–Trinajstić information content (AvgIpc) is 3.52. The molecule has 11 heteroatoms. The first-order chi connectivity index (χ1) is 17.9. The number of H-pyrrole nitrogens is 1. The van der Waals surface area contributed by atoms with E-state index in [9.17, 15) is 4.79 Å². The number of esters is 1. The van der Waals surface area contributed by atoms with Crippen LogP contribution in [-0.4, -0.2) is 43.5 Å². The number of nitrogens with one attached hydrogen (secondary N) is 2. The Bertz CT molecular complexity index is 1480. The van der Waals surface area contributed by atoms with Gasteiger partial charge in [0.05, 0.1) is 29.2 Å². The van der Waals surface area contributed by atoms with Crippen LogP contribution in [0.15, 0.2) is 24.5 Å². The number of aromatic amines is 1. The van der Waals surface area contributed by atoms with Crippen molar-refractivity contribution in [2.75, 3.05) is 11.9 Å². The molecule has 37 heavy (non-hydrogen) atoms. The smallest absolute Gasteiger partial charge is 0.311 e. The lowest BCUT2D eigenvalue weighted by Crippen LogP contribution is -2.52. The van der Waals surface area contributed by atoms with Gasteiger partial charge in [-0.1, -0.05) is 11.6 Å². The number of hydrogen-bond donors (Lipinski definition) is 2. The van der Waals surface area contributed by atoms with Gasteiger partial charge in [0, 0.05) is 17.1 Å². The molecule has 3 aliphatic rings. The third-order valence-corrected chi connectivity index (χ3v) is 8.69. The van der Waals surface area contributed by atoms with E-state index in [1.807, 2.05) is 26.0 Å². The van der Waals surface area contributed by atoms with Crippen molar-refractivity contribution in [3.05, 3.63) is 40.4 Å². The second-order valence-corrected chi connectivity index (χ2v) is 11.4. The standard InChI is InChI=1S/C26H26ClFN6O2S/c1-3-36-26(35)18-13-5-7-14(8-6-13)20(18)32-24-19(28)22(16-9-4-12(2)37-16)33-23(34-24)15-10-29-25-21(15)31-17(27)11-30-25/h4,9-11,13-14,18,20H,3,5-8H2,1-2H3,(H,29,30)(H,32,33,34)/t13?,14?,18-,20-/m0/s1. The molecule has 0 spiro atoms. The molecule has 0 unspecified atom stereocenters. The summed E-state index contributed by atoms with van der Waals surface area (Å²) >= 11 is 7.57. The average molecular weight is 541 g/mol. The van der Waals surface area contributed by atoms with Crippen molar-refractivity contribution in [1.29, 1.82) is 0 Å². The van der Waals surface area contributed by atoms with Crippen LogP contribution < -0.4 is 5.32 Å².